The van der Waals surface area contributed by atoms with E-state index >= 15 is 0 Å². The molecule has 0 aromatic carbocycles. The fourth-order valence-electron chi connectivity index (χ4n) is 1.58. The van der Waals surface area contributed by atoms with Gasteiger partial charge >= 0.3 is 0 Å². The smallest absolute Gasteiger partial charge is 0.191 e. The van der Waals surface area contributed by atoms with E-state index in [1.807, 2.05) is 11.6 Å². The summed E-state index contributed by atoms with van der Waals surface area (Å²) >= 11 is 1.68. The summed E-state index contributed by atoms with van der Waals surface area (Å²) < 4.78 is 1.92. The van der Waals surface area contributed by atoms with Gasteiger partial charge in [0.15, 0.2) is 5.16 Å². The molecule has 1 aliphatic carbocycles. The summed E-state index contributed by atoms with van der Waals surface area (Å²) in [6.07, 6.45) is 2.98. The van der Waals surface area contributed by atoms with Gasteiger partial charge in [-0.2, -0.15) is 5.26 Å². The van der Waals surface area contributed by atoms with Crippen molar-refractivity contribution in [2.75, 3.05) is 5.75 Å². The molecule has 0 bridgehead atoms. The van der Waals surface area contributed by atoms with Crippen molar-refractivity contribution in [3.8, 4) is 6.07 Å². The van der Waals surface area contributed by atoms with Crippen molar-refractivity contribution in [1.82, 2.24) is 14.8 Å². The van der Waals surface area contributed by atoms with Crippen LogP contribution < -0.4 is 5.73 Å². The van der Waals surface area contributed by atoms with E-state index in [0.717, 1.165) is 29.6 Å². The molecule has 0 saturated heterocycles. The molecule has 86 valence electrons. The highest BCUT2D eigenvalue weighted by atomic mass is 32.2. The third-order valence-corrected chi connectivity index (χ3v) is 4.40. The van der Waals surface area contributed by atoms with E-state index in [1.165, 1.54) is 0 Å². The number of rotatable bonds is 5. The van der Waals surface area contributed by atoms with Gasteiger partial charge in [-0.3, -0.25) is 0 Å². The van der Waals surface area contributed by atoms with Gasteiger partial charge in [-0.25, -0.2) is 0 Å². The summed E-state index contributed by atoms with van der Waals surface area (Å²) in [5.41, 5.74) is 5.77. The fraction of sp³-hybridized carbons (Fsp3) is 0.700. The molecule has 16 heavy (non-hydrogen) atoms. The van der Waals surface area contributed by atoms with Crippen molar-refractivity contribution in [3.05, 3.63) is 5.82 Å². The van der Waals surface area contributed by atoms with Gasteiger partial charge in [-0.15, -0.1) is 10.2 Å². The van der Waals surface area contributed by atoms with Crippen LogP contribution in [0.25, 0.3) is 0 Å². The van der Waals surface area contributed by atoms with Crippen LogP contribution in [0.1, 0.15) is 25.1 Å². The van der Waals surface area contributed by atoms with E-state index in [0.29, 0.717) is 13.0 Å². The quantitative estimate of drug-likeness (QED) is 0.774. The first-order chi connectivity index (χ1) is 7.71. The molecule has 1 aromatic rings. The van der Waals surface area contributed by atoms with Crippen LogP contribution in [-0.2, 0) is 13.6 Å². The van der Waals surface area contributed by atoms with Crippen LogP contribution in [0.3, 0.4) is 0 Å². The van der Waals surface area contributed by atoms with Crippen LogP contribution >= 0.6 is 11.8 Å². The molecule has 2 N–H and O–H groups in total. The Hall–Kier alpha value is -1.06. The molecule has 1 aliphatic rings. The fourth-order valence-corrected chi connectivity index (χ4v) is 2.81. The molecule has 0 unspecified atom stereocenters. The first-order valence-corrected chi connectivity index (χ1v) is 6.27. The predicted octanol–water partition coefficient (Wildman–Crippen LogP) is 1.06. The van der Waals surface area contributed by atoms with Gasteiger partial charge in [0.1, 0.15) is 5.82 Å². The van der Waals surface area contributed by atoms with Crippen molar-refractivity contribution < 1.29 is 0 Å². The maximum Gasteiger partial charge on any atom is 0.191 e. The zero-order valence-electron chi connectivity index (χ0n) is 9.31. The molecule has 0 amide bonds. The van der Waals surface area contributed by atoms with Crippen LogP contribution in [0.15, 0.2) is 5.16 Å². The van der Waals surface area contributed by atoms with Gasteiger partial charge in [0.05, 0.1) is 12.6 Å². The van der Waals surface area contributed by atoms with Crippen LogP contribution in [0.4, 0.5) is 0 Å². The van der Waals surface area contributed by atoms with Crippen molar-refractivity contribution in [2.45, 2.75) is 31.0 Å². The molecule has 1 fully saturated rings. The van der Waals surface area contributed by atoms with E-state index in [9.17, 15) is 0 Å². The van der Waals surface area contributed by atoms with E-state index in [2.05, 4.69) is 16.3 Å². The minimum absolute atomic E-state index is 0.244. The summed E-state index contributed by atoms with van der Waals surface area (Å²) in [6, 6.07) is 2.26. The van der Waals surface area contributed by atoms with Crippen molar-refractivity contribution in [2.24, 2.45) is 18.2 Å². The van der Waals surface area contributed by atoms with Crippen LogP contribution in [0, 0.1) is 16.7 Å². The third kappa shape index (κ3) is 2.20. The lowest BCUT2D eigenvalue weighted by atomic mass is 10.1. The largest absolute Gasteiger partial charge is 0.324 e. The van der Waals surface area contributed by atoms with Crippen LogP contribution in [0.5, 0.6) is 0 Å². The van der Waals surface area contributed by atoms with Crippen molar-refractivity contribution in [3.63, 3.8) is 0 Å². The Kier molecular flexibility index (Phi) is 3.17. The van der Waals surface area contributed by atoms with E-state index < -0.39 is 0 Å². The van der Waals surface area contributed by atoms with Gasteiger partial charge in [0, 0.05) is 19.2 Å². The van der Waals surface area contributed by atoms with Gasteiger partial charge in [0.2, 0.25) is 0 Å². The zero-order chi connectivity index (χ0) is 11.6. The second-order valence-electron chi connectivity index (χ2n) is 4.29. The van der Waals surface area contributed by atoms with Crippen LogP contribution in [-0.4, -0.2) is 20.5 Å². The lowest BCUT2D eigenvalue weighted by Crippen LogP contribution is -2.07. The molecule has 1 heterocycles. The molecule has 1 aromatic heterocycles. The molecule has 0 spiro atoms. The number of nitriles is 1. The Bertz CT molecular complexity index is 415. The lowest BCUT2D eigenvalue weighted by molar-refractivity contribution is 0.601. The Morgan fingerprint density at radius 2 is 2.31 bits per heavy atom. The van der Waals surface area contributed by atoms with Gasteiger partial charge < -0.3 is 10.3 Å². The molecule has 0 atom stereocenters. The molecule has 5 nitrogen and oxygen atoms in total. The van der Waals surface area contributed by atoms with Gasteiger partial charge in [-0.05, 0) is 18.3 Å². The highest BCUT2D eigenvalue weighted by molar-refractivity contribution is 7.99. The van der Waals surface area contributed by atoms with Crippen LogP contribution in [0.2, 0.25) is 0 Å². The lowest BCUT2D eigenvalue weighted by Gasteiger charge is -2.09. The first kappa shape index (κ1) is 11.4. The number of thioether (sulfide) groups is 1. The maximum absolute atomic E-state index is 8.73. The monoisotopic (exact) mass is 237 g/mol. The molecule has 6 heteroatoms. The first-order valence-electron chi connectivity index (χ1n) is 5.29. The van der Waals surface area contributed by atoms with Gasteiger partial charge in [0.25, 0.3) is 0 Å². The Balaban J connectivity index is 1.95. The average Bonchev–Trinajstić information content (AvgIpc) is 2.95. The highest BCUT2D eigenvalue weighted by Crippen LogP contribution is 2.51. The Labute approximate surface area is 99.0 Å². The zero-order valence-corrected chi connectivity index (χ0v) is 10.1. The summed E-state index contributed by atoms with van der Waals surface area (Å²) in [6.45, 7) is 0.410. The molecular formula is C10H15N5S. The number of aromatic nitrogens is 3. The molecular weight excluding hydrogens is 222 g/mol. The minimum atomic E-state index is 0.244. The Morgan fingerprint density at radius 3 is 2.81 bits per heavy atom. The van der Waals surface area contributed by atoms with E-state index in [4.69, 9.17) is 11.0 Å². The molecule has 2 rings (SSSR count). The number of nitrogens with two attached hydrogens (primary N) is 1. The average molecular weight is 237 g/mol. The second-order valence-corrected chi connectivity index (χ2v) is 5.23. The summed E-state index contributed by atoms with van der Waals surface area (Å²) in [4.78, 5) is 0. The SMILES string of the molecule is Cn1c(CN)nnc1SCC1(CC#N)CC1. The standard InChI is InChI=1S/C10H15N5S/c1-15-8(6-12)13-14-9(15)16-7-10(2-3-10)4-5-11/h2-4,6-7,12H2,1H3. The number of hydrogen-bond donors (Lipinski definition) is 1. The highest BCUT2D eigenvalue weighted by Gasteiger charge is 2.42. The van der Waals surface area contributed by atoms with E-state index in [-0.39, 0.29) is 5.41 Å². The third-order valence-electron chi connectivity index (χ3n) is 3.03. The van der Waals surface area contributed by atoms with E-state index in [1.54, 1.807) is 11.8 Å². The Morgan fingerprint density at radius 1 is 1.56 bits per heavy atom. The second kappa shape index (κ2) is 4.44. The summed E-state index contributed by atoms with van der Waals surface area (Å²) in [5, 5.41) is 17.7. The molecule has 0 radical (unpaired) electrons. The molecule has 1 saturated carbocycles. The van der Waals surface area contributed by atoms with Gasteiger partial charge in [-0.1, -0.05) is 11.8 Å². The topological polar surface area (TPSA) is 80.5 Å². The number of nitrogens with zero attached hydrogens (tertiary/aromatic N) is 4. The molecule has 0 aliphatic heterocycles. The van der Waals surface area contributed by atoms with Crippen molar-refractivity contribution >= 4 is 11.8 Å². The maximum atomic E-state index is 8.73. The summed E-state index contributed by atoms with van der Waals surface area (Å²) in [7, 11) is 1.92. The predicted molar refractivity (Wildman–Crippen MR) is 61.5 cm³/mol. The number of hydrogen-bond acceptors (Lipinski definition) is 5. The minimum Gasteiger partial charge on any atom is -0.324 e. The normalized spacial score (nSPS) is 17.1. The summed E-state index contributed by atoms with van der Waals surface area (Å²) in [5.74, 6) is 1.75. The van der Waals surface area contributed by atoms with Crippen molar-refractivity contribution in [1.29, 1.82) is 5.26 Å².